The standard InChI is InChI=1S/C40H70N4O13/c1-9-13-17-21-29(45)33(46)42-26(6)38(52)56-31(23-19-15-11-3)35(48)44-28(8)40(54)57-32(24-20-16-12-4)36(49)43-27(7)39(53)55-30(22-18-14-10-2)34(47)41-25(5)37(50)51/h25-32,45H,9-24H2,1-8H3,(H,41,47)(H,42,46)(H,43,49)(H,44,48)(H,50,51)/t25-,26-,27-,28-,29-,30+,31+,32+/m0/s1. The van der Waals surface area contributed by atoms with Crippen molar-refractivity contribution in [1.82, 2.24) is 21.3 Å². The predicted molar refractivity (Wildman–Crippen MR) is 210 cm³/mol. The zero-order chi connectivity index (χ0) is 43.5. The number of esters is 3. The minimum atomic E-state index is -1.36. The van der Waals surface area contributed by atoms with Gasteiger partial charge in [0.1, 0.15) is 30.3 Å². The van der Waals surface area contributed by atoms with Gasteiger partial charge in [0.2, 0.25) is 5.91 Å². The van der Waals surface area contributed by atoms with Crippen molar-refractivity contribution in [3.8, 4) is 0 Å². The summed E-state index contributed by atoms with van der Waals surface area (Å²) in [5, 5.41) is 29.0. The molecule has 0 rings (SSSR count). The minimum absolute atomic E-state index is 0.0944. The van der Waals surface area contributed by atoms with Crippen molar-refractivity contribution in [3.63, 3.8) is 0 Å². The average molecular weight is 815 g/mol. The number of hydrogen-bond acceptors (Lipinski definition) is 12. The van der Waals surface area contributed by atoms with Gasteiger partial charge in [-0.2, -0.15) is 0 Å². The van der Waals surface area contributed by atoms with Gasteiger partial charge in [-0.15, -0.1) is 0 Å². The number of carbonyl (C=O) groups is 8. The Balaban J connectivity index is 5.70. The van der Waals surface area contributed by atoms with E-state index in [-0.39, 0.29) is 25.7 Å². The Morgan fingerprint density at radius 1 is 0.421 bits per heavy atom. The van der Waals surface area contributed by atoms with Gasteiger partial charge in [0.05, 0.1) is 0 Å². The second kappa shape index (κ2) is 29.9. The number of carboxylic acid groups (broad SMARTS) is 1. The van der Waals surface area contributed by atoms with Crippen LogP contribution in [0.3, 0.4) is 0 Å². The number of aliphatic carboxylic acids is 1. The zero-order valence-electron chi connectivity index (χ0n) is 35.3. The highest BCUT2D eigenvalue weighted by molar-refractivity contribution is 5.93. The molecule has 0 saturated carbocycles. The van der Waals surface area contributed by atoms with Gasteiger partial charge >= 0.3 is 23.9 Å². The molecule has 0 saturated heterocycles. The summed E-state index contributed by atoms with van der Waals surface area (Å²) in [6, 6.07) is -4.97. The maximum absolute atomic E-state index is 13.4. The number of aliphatic hydroxyl groups excluding tert-OH is 1. The number of rotatable bonds is 31. The van der Waals surface area contributed by atoms with E-state index in [2.05, 4.69) is 21.3 Å². The number of amides is 4. The van der Waals surface area contributed by atoms with Crippen LogP contribution in [0.4, 0.5) is 0 Å². The Morgan fingerprint density at radius 2 is 0.684 bits per heavy atom. The highest BCUT2D eigenvalue weighted by Crippen LogP contribution is 2.14. The summed E-state index contributed by atoms with van der Waals surface area (Å²) in [4.78, 5) is 102. The van der Waals surface area contributed by atoms with Crippen molar-refractivity contribution in [1.29, 1.82) is 0 Å². The SMILES string of the molecule is CCCCC[C@H](O)C(=O)N[C@@H](C)C(=O)O[C@H](CCCCC)C(=O)N[C@@H](C)C(=O)O[C@H](CCCCC)C(=O)N[C@@H](C)C(=O)O[C@H](CCCCC)C(=O)N[C@@H](C)C(=O)O. The normalized spacial score (nSPS) is 15.2. The van der Waals surface area contributed by atoms with Crippen molar-refractivity contribution < 1.29 is 62.8 Å². The molecule has 0 bridgehead atoms. The molecule has 0 aliphatic heterocycles. The first-order chi connectivity index (χ1) is 26.9. The summed E-state index contributed by atoms with van der Waals surface area (Å²) in [7, 11) is 0. The maximum Gasteiger partial charge on any atom is 0.329 e. The molecule has 0 heterocycles. The van der Waals surface area contributed by atoms with E-state index < -0.39 is 96.1 Å². The lowest BCUT2D eigenvalue weighted by atomic mass is 10.1. The summed E-state index contributed by atoms with van der Waals surface area (Å²) in [5.41, 5.74) is 0. The van der Waals surface area contributed by atoms with Gasteiger partial charge in [-0.05, 0) is 72.6 Å². The fraction of sp³-hybridized carbons (Fsp3) is 0.800. The third-order valence-electron chi connectivity index (χ3n) is 9.11. The molecule has 0 aromatic rings. The fourth-order valence-corrected chi connectivity index (χ4v) is 5.38. The maximum atomic E-state index is 13.4. The summed E-state index contributed by atoms with van der Waals surface area (Å²) < 4.78 is 16.4. The number of hydrogen-bond donors (Lipinski definition) is 6. The number of nitrogens with one attached hydrogen (secondary N) is 4. The van der Waals surface area contributed by atoms with E-state index in [9.17, 15) is 48.6 Å². The summed E-state index contributed by atoms with van der Waals surface area (Å²) >= 11 is 0. The lowest BCUT2D eigenvalue weighted by molar-refractivity contribution is -0.163. The second-order valence-electron chi connectivity index (χ2n) is 14.5. The van der Waals surface area contributed by atoms with E-state index in [4.69, 9.17) is 14.2 Å². The quantitative estimate of drug-likeness (QED) is 0.0333. The van der Waals surface area contributed by atoms with Crippen molar-refractivity contribution in [2.45, 2.75) is 207 Å². The van der Waals surface area contributed by atoms with Gasteiger partial charge < -0.3 is 45.7 Å². The Bertz CT molecular complexity index is 1280. The van der Waals surface area contributed by atoms with Gasteiger partial charge in [-0.1, -0.05) is 85.5 Å². The van der Waals surface area contributed by atoms with Crippen LogP contribution in [0.2, 0.25) is 0 Å². The fourth-order valence-electron chi connectivity index (χ4n) is 5.38. The van der Waals surface area contributed by atoms with Crippen LogP contribution in [0.1, 0.15) is 158 Å². The Hall–Kier alpha value is -4.28. The molecule has 17 nitrogen and oxygen atoms in total. The van der Waals surface area contributed by atoms with Crippen LogP contribution in [-0.2, 0) is 52.6 Å². The molecule has 328 valence electrons. The molecule has 0 aliphatic rings. The molecule has 4 amide bonds. The molecule has 0 radical (unpaired) electrons. The van der Waals surface area contributed by atoms with Gasteiger partial charge in [-0.25, -0.2) is 14.4 Å². The van der Waals surface area contributed by atoms with Gasteiger partial charge in [0.25, 0.3) is 17.7 Å². The minimum Gasteiger partial charge on any atom is -0.480 e. The predicted octanol–water partition coefficient (Wildman–Crippen LogP) is 3.51. The molecule has 8 atom stereocenters. The Labute approximate surface area is 337 Å². The van der Waals surface area contributed by atoms with E-state index in [1.807, 2.05) is 27.7 Å². The molecule has 0 aromatic carbocycles. The smallest absolute Gasteiger partial charge is 0.329 e. The van der Waals surface area contributed by atoms with Gasteiger partial charge in [0, 0.05) is 0 Å². The van der Waals surface area contributed by atoms with Crippen molar-refractivity contribution in [3.05, 3.63) is 0 Å². The van der Waals surface area contributed by atoms with Crippen molar-refractivity contribution in [2.24, 2.45) is 0 Å². The molecule has 17 heteroatoms. The largest absolute Gasteiger partial charge is 0.480 e. The summed E-state index contributed by atoms with van der Waals surface area (Å²) in [5.74, 6) is -7.21. The van der Waals surface area contributed by atoms with Gasteiger partial charge in [-0.3, -0.25) is 24.0 Å². The summed E-state index contributed by atoms with van der Waals surface area (Å²) in [6.45, 7) is 13.1. The van der Waals surface area contributed by atoms with E-state index in [1.165, 1.54) is 27.7 Å². The topological polar surface area (TPSA) is 253 Å². The Morgan fingerprint density at radius 3 is 0.965 bits per heavy atom. The van der Waals surface area contributed by atoms with Crippen LogP contribution in [0.25, 0.3) is 0 Å². The number of ether oxygens (including phenoxy) is 3. The molecular weight excluding hydrogens is 744 g/mol. The van der Waals surface area contributed by atoms with Crippen molar-refractivity contribution in [2.75, 3.05) is 0 Å². The summed E-state index contributed by atoms with van der Waals surface area (Å²) in [6.07, 6.45) is 3.83. The highest BCUT2D eigenvalue weighted by Gasteiger charge is 2.33. The van der Waals surface area contributed by atoms with Crippen LogP contribution < -0.4 is 21.3 Å². The zero-order valence-corrected chi connectivity index (χ0v) is 35.3. The van der Waals surface area contributed by atoms with E-state index in [1.54, 1.807) is 0 Å². The van der Waals surface area contributed by atoms with Crippen LogP contribution in [0, 0.1) is 0 Å². The van der Waals surface area contributed by atoms with Crippen LogP contribution in [0.15, 0.2) is 0 Å². The van der Waals surface area contributed by atoms with Gasteiger partial charge in [0.15, 0.2) is 18.3 Å². The number of aliphatic hydroxyl groups is 1. The van der Waals surface area contributed by atoms with E-state index in [0.717, 1.165) is 44.9 Å². The van der Waals surface area contributed by atoms with Crippen LogP contribution in [-0.4, -0.2) is 106 Å². The first kappa shape index (κ1) is 52.7. The number of carboxylic acids is 1. The number of unbranched alkanes of at least 4 members (excludes halogenated alkanes) is 8. The lowest BCUT2D eigenvalue weighted by Crippen LogP contribution is -2.51. The van der Waals surface area contributed by atoms with Crippen molar-refractivity contribution >= 4 is 47.5 Å². The third-order valence-corrected chi connectivity index (χ3v) is 9.11. The molecule has 0 aromatic heterocycles. The molecular formula is C40H70N4O13. The third kappa shape index (κ3) is 22.3. The monoisotopic (exact) mass is 814 g/mol. The van der Waals surface area contributed by atoms with Crippen LogP contribution in [0.5, 0.6) is 0 Å². The van der Waals surface area contributed by atoms with E-state index >= 15 is 0 Å². The molecule has 57 heavy (non-hydrogen) atoms. The first-order valence-electron chi connectivity index (χ1n) is 20.7. The molecule has 0 unspecified atom stereocenters. The average Bonchev–Trinajstić information content (AvgIpc) is 3.16. The van der Waals surface area contributed by atoms with E-state index in [0.29, 0.717) is 32.1 Å². The number of carbonyl (C=O) groups excluding carboxylic acids is 7. The second-order valence-corrected chi connectivity index (χ2v) is 14.5. The Kier molecular flexibility index (Phi) is 27.6. The molecule has 0 aliphatic carbocycles. The highest BCUT2D eigenvalue weighted by atomic mass is 16.6. The lowest BCUT2D eigenvalue weighted by Gasteiger charge is -2.25. The molecule has 6 N–H and O–H groups in total. The molecule has 0 fully saturated rings. The molecule has 0 spiro atoms. The van der Waals surface area contributed by atoms with Crippen LogP contribution >= 0.6 is 0 Å². The first-order valence-corrected chi connectivity index (χ1v) is 20.7.